The fraction of sp³-hybridized carbons (Fsp3) is 0.655. The minimum atomic E-state index is -1.36. The van der Waals surface area contributed by atoms with Gasteiger partial charge in [-0.3, -0.25) is 19.2 Å². The minimum absolute atomic E-state index is 0.00803. The highest BCUT2D eigenvalue weighted by Crippen LogP contribution is 2.29. The number of aliphatic hydroxyl groups is 2. The molecule has 1 fully saturated rings. The number of Topliss-reactive ketones (excluding diaryl/α,β-unsaturated/α-hetero) is 1. The molecule has 1 aliphatic heterocycles. The van der Waals surface area contributed by atoms with Gasteiger partial charge in [-0.15, -0.1) is 0 Å². The summed E-state index contributed by atoms with van der Waals surface area (Å²) in [5, 5.41) is 28.6. The van der Waals surface area contributed by atoms with E-state index in [2.05, 4.69) is 16.0 Å². The highest BCUT2D eigenvalue weighted by Gasteiger charge is 2.50. The van der Waals surface area contributed by atoms with E-state index >= 15 is 0 Å². The number of nitrogens with one attached hydrogen (secondary N) is 3. The van der Waals surface area contributed by atoms with Crippen molar-refractivity contribution in [1.82, 2.24) is 16.0 Å². The third kappa shape index (κ3) is 10.3. The lowest BCUT2D eigenvalue weighted by Gasteiger charge is -2.28. The Morgan fingerprint density at radius 2 is 1.38 bits per heavy atom. The number of hydrogen-bond donors (Lipinski definition) is 5. The van der Waals surface area contributed by atoms with Gasteiger partial charge in [-0.2, -0.15) is 0 Å². The smallest absolute Gasteiger partial charge is 0.249 e. The van der Waals surface area contributed by atoms with Crippen LogP contribution in [-0.4, -0.2) is 76.3 Å². The second-order valence-corrected chi connectivity index (χ2v) is 11.5. The summed E-state index contributed by atoms with van der Waals surface area (Å²) in [7, 11) is 0. The maximum Gasteiger partial charge on any atom is 0.249 e. The van der Waals surface area contributed by atoms with Crippen molar-refractivity contribution in [3.63, 3.8) is 0 Å². The highest BCUT2D eigenvalue weighted by molar-refractivity contribution is 5.98. The minimum Gasteiger partial charge on any atom is -0.391 e. The second-order valence-electron chi connectivity index (χ2n) is 11.5. The molecule has 1 unspecified atom stereocenters. The summed E-state index contributed by atoms with van der Waals surface area (Å²) in [6.07, 6.45) is -1.31. The number of epoxide rings is 1. The maximum absolute atomic E-state index is 13.2. The zero-order valence-electron chi connectivity index (χ0n) is 23.9. The van der Waals surface area contributed by atoms with Gasteiger partial charge in [-0.25, -0.2) is 0 Å². The van der Waals surface area contributed by atoms with Crippen molar-refractivity contribution in [2.45, 2.75) is 103 Å². The third-order valence-electron chi connectivity index (χ3n) is 6.69. The number of amides is 3. The summed E-state index contributed by atoms with van der Waals surface area (Å²) in [6.45, 7) is 10.9. The Balaban J connectivity index is 2.07. The number of benzene rings is 1. The van der Waals surface area contributed by atoms with Crippen LogP contribution in [0.1, 0.15) is 66.4 Å². The fourth-order valence-corrected chi connectivity index (χ4v) is 4.29. The van der Waals surface area contributed by atoms with E-state index in [9.17, 15) is 29.4 Å². The topological polar surface area (TPSA) is 157 Å². The van der Waals surface area contributed by atoms with Gasteiger partial charge in [0.1, 0.15) is 23.8 Å². The van der Waals surface area contributed by atoms with Crippen molar-refractivity contribution >= 4 is 23.5 Å². The molecule has 1 saturated heterocycles. The molecule has 0 saturated carbocycles. The average molecular weight is 548 g/mol. The number of carbonyl (C=O) groups excluding carboxylic acids is 4. The van der Waals surface area contributed by atoms with Crippen molar-refractivity contribution in [2.24, 2.45) is 11.8 Å². The average Bonchev–Trinajstić information content (AvgIpc) is 3.62. The van der Waals surface area contributed by atoms with Gasteiger partial charge >= 0.3 is 0 Å². The molecule has 1 aromatic carbocycles. The molecule has 39 heavy (non-hydrogen) atoms. The largest absolute Gasteiger partial charge is 0.391 e. The Morgan fingerprint density at radius 1 is 0.846 bits per heavy atom. The normalized spacial score (nSPS) is 20.5. The van der Waals surface area contributed by atoms with Crippen LogP contribution in [0.3, 0.4) is 0 Å². The van der Waals surface area contributed by atoms with Crippen molar-refractivity contribution < 1.29 is 34.1 Å². The second kappa shape index (κ2) is 14.5. The number of carbonyl (C=O) groups is 4. The molecule has 0 radical (unpaired) electrons. The van der Waals surface area contributed by atoms with E-state index in [-0.39, 0.29) is 37.1 Å². The van der Waals surface area contributed by atoms with E-state index in [1.165, 1.54) is 6.92 Å². The lowest BCUT2D eigenvalue weighted by Crippen LogP contribution is -2.60. The van der Waals surface area contributed by atoms with Gasteiger partial charge in [-0.1, -0.05) is 58.0 Å². The van der Waals surface area contributed by atoms with Crippen LogP contribution in [0, 0.1) is 11.8 Å². The van der Waals surface area contributed by atoms with Gasteiger partial charge < -0.3 is 30.9 Å². The number of rotatable bonds is 16. The number of ketones is 1. The van der Waals surface area contributed by atoms with E-state index < -0.39 is 53.7 Å². The molecule has 0 spiro atoms. The molecule has 10 nitrogen and oxygen atoms in total. The number of aryl methyl sites for hydroxylation is 1. The Morgan fingerprint density at radius 3 is 1.90 bits per heavy atom. The molecule has 6 atom stereocenters. The first-order chi connectivity index (χ1) is 18.2. The van der Waals surface area contributed by atoms with Crippen molar-refractivity contribution in [2.75, 3.05) is 6.61 Å². The van der Waals surface area contributed by atoms with Gasteiger partial charge in [0.25, 0.3) is 0 Å². The van der Waals surface area contributed by atoms with Gasteiger partial charge in [0.2, 0.25) is 17.7 Å². The van der Waals surface area contributed by atoms with Crippen LogP contribution in [0.2, 0.25) is 0 Å². The molecule has 0 aliphatic carbocycles. The zero-order chi connectivity index (χ0) is 29.3. The quantitative estimate of drug-likeness (QED) is 0.195. The molecule has 1 aliphatic rings. The molecule has 3 amide bonds. The molecule has 5 N–H and O–H groups in total. The van der Waals surface area contributed by atoms with E-state index in [1.54, 1.807) is 6.92 Å². The molecule has 218 valence electrons. The molecule has 1 heterocycles. The van der Waals surface area contributed by atoms with Crippen LogP contribution >= 0.6 is 0 Å². The summed E-state index contributed by atoms with van der Waals surface area (Å²) in [4.78, 5) is 52.0. The van der Waals surface area contributed by atoms with Crippen LogP contribution in [-0.2, 0) is 30.3 Å². The molecular formula is C29H45N3O7. The highest BCUT2D eigenvalue weighted by atomic mass is 16.6. The summed E-state index contributed by atoms with van der Waals surface area (Å²) >= 11 is 0. The van der Waals surface area contributed by atoms with Crippen LogP contribution < -0.4 is 16.0 Å². The van der Waals surface area contributed by atoms with Crippen molar-refractivity contribution in [1.29, 1.82) is 0 Å². The molecule has 1 aromatic rings. The Labute approximate surface area is 231 Å². The number of ether oxygens (including phenoxy) is 1. The first kappa shape index (κ1) is 32.4. The van der Waals surface area contributed by atoms with E-state index in [0.29, 0.717) is 12.8 Å². The first-order valence-electron chi connectivity index (χ1n) is 13.7. The van der Waals surface area contributed by atoms with E-state index in [4.69, 9.17) is 4.74 Å². The molecular weight excluding hydrogens is 502 g/mol. The lowest BCUT2D eigenvalue weighted by atomic mass is 9.93. The lowest BCUT2D eigenvalue weighted by molar-refractivity contribution is -0.137. The monoisotopic (exact) mass is 547 g/mol. The summed E-state index contributed by atoms with van der Waals surface area (Å²) < 4.78 is 5.26. The van der Waals surface area contributed by atoms with Gasteiger partial charge in [-0.05, 0) is 56.9 Å². The summed E-state index contributed by atoms with van der Waals surface area (Å²) in [6, 6.07) is 6.20. The Kier molecular flexibility index (Phi) is 12.1. The predicted octanol–water partition coefficient (Wildman–Crippen LogP) is 1.27. The summed E-state index contributed by atoms with van der Waals surface area (Å²) in [5.74, 6) is -2.22. The van der Waals surface area contributed by atoms with Gasteiger partial charge in [0.05, 0.1) is 18.8 Å². The van der Waals surface area contributed by atoms with Gasteiger partial charge in [0.15, 0.2) is 5.78 Å². The van der Waals surface area contributed by atoms with E-state index in [0.717, 1.165) is 5.56 Å². The van der Waals surface area contributed by atoms with E-state index in [1.807, 2.05) is 58.0 Å². The van der Waals surface area contributed by atoms with Crippen molar-refractivity contribution in [3.8, 4) is 0 Å². The van der Waals surface area contributed by atoms with Crippen LogP contribution in [0.25, 0.3) is 0 Å². The Bertz CT molecular complexity index is 976. The third-order valence-corrected chi connectivity index (χ3v) is 6.69. The summed E-state index contributed by atoms with van der Waals surface area (Å²) in [5.41, 5.74) is 0.0350. The van der Waals surface area contributed by atoms with Crippen LogP contribution in [0.4, 0.5) is 0 Å². The molecule has 0 aromatic heterocycles. The maximum atomic E-state index is 13.2. The Hall–Kier alpha value is -2.82. The predicted molar refractivity (Wildman–Crippen MR) is 147 cm³/mol. The zero-order valence-corrected chi connectivity index (χ0v) is 23.9. The molecule has 2 rings (SSSR count). The van der Waals surface area contributed by atoms with Crippen molar-refractivity contribution in [3.05, 3.63) is 35.9 Å². The van der Waals surface area contributed by atoms with Crippen LogP contribution in [0.5, 0.6) is 0 Å². The first-order valence-corrected chi connectivity index (χ1v) is 13.7. The van der Waals surface area contributed by atoms with Crippen LogP contribution in [0.15, 0.2) is 30.3 Å². The molecule has 0 bridgehead atoms. The standard InChI is InChI=1S/C29H45N3O7/c1-17(2)14-21(25(35)29(6)16-39-29)30-28(38)24(19(5)33)32-26(36)22(15-18(3)4)31-27(37)23(34)13-12-20-10-8-7-9-11-20/h7-11,17-19,21-24,33-34H,12-16H2,1-6H3,(H,30,38)(H,31,37)(H,32,36)/t19-,21-,22?,23-,24-,29+/m0/s1. The fourth-order valence-electron chi connectivity index (χ4n) is 4.29. The SMILES string of the molecule is CC(C)CC(NC(=O)[C@@H](O)CCc1ccccc1)C(=O)N[C@H](C(=O)N[C@@H](CC(C)C)C(=O)[C@@]1(C)CO1)[C@H](C)O. The number of hydrogen-bond acceptors (Lipinski definition) is 7. The molecule has 10 heteroatoms. The van der Waals surface area contributed by atoms with Gasteiger partial charge in [0, 0.05) is 0 Å². The number of aliphatic hydroxyl groups excluding tert-OH is 2.